The van der Waals surface area contributed by atoms with Gasteiger partial charge in [-0.1, -0.05) is 43.3 Å². The van der Waals surface area contributed by atoms with Crippen molar-refractivity contribution in [2.75, 3.05) is 26.7 Å². The molecule has 0 saturated heterocycles. The Balaban J connectivity index is 0.00000450. The molecule has 0 aliphatic carbocycles. The Kier molecular flexibility index (Phi) is 13.1. The lowest BCUT2D eigenvalue weighted by atomic mass is 10.2. The smallest absolute Gasteiger partial charge is 0.250 e. The van der Waals surface area contributed by atoms with Gasteiger partial charge in [0.05, 0.1) is 13.2 Å². The molecule has 1 unspecified atom stereocenters. The third kappa shape index (κ3) is 9.75. The molecule has 0 bridgehead atoms. The number of hydrogen-bond acceptors (Lipinski definition) is 3. The minimum Gasteiger partial charge on any atom is -0.376 e. The molecule has 1 heterocycles. The summed E-state index contributed by atoms with van der Waals surface area (Å²) in [7, 11) is 1.78. The molecule has 0 aliphatic rings. The largest absolute Gasteiger partial charge is 0.376 e. The Morgan fingerprint density at radius 1 is 1.10 bits per heavy atom. The van der Waals surface area contributed by atoms with Crippen molar-refractivity contribution in [3.05, 3.63) is 70.1 Å². The normalized spacial score (nSPS) is 12.2. The molecular formula is C23H35IN4O2. The maximum absolute atomic E-state index is 11.9. The van der Waals surface area contributed by atoms with Crippen molar-refractivity contribution in [3.63, 3.8) is 0 Å². The molecule has 2 aromatic rings. The Morgan fingerprint density at radius 3 is 2.57 bits per heavy atom. The van der Waals surface area contributed by atoms with Crippen LogP contribution in [0.4, 0.5) is 0 Å². The van der Waals surface area contributed by atoms with Crippen molar-refractivity contribution in [2.45, 2.75) is 39.8 Å². The van der Waals surface area contributed by atoms with Crippen molar-refractivity contribution in [1.29, 1.82) is 0 Å². The fourth-order valence-electron chi connectivity index (χ4n) is 3.01. The molecule has 0 amide bonds. The molecule has 166 valence electrons. The summed E-state index contributed by atoms with van der Waals surface area (Å²) in [6.07, 6.45) is 1.91. The summed E-state index contributed by atoms with van der Waals surface area (Å²) < 4.78 is 7.62. The highest BCUT2D eigenvalue weighted by atomic mass is 127. The first-order valence-electron chi connectivity index (χ1n) is 10.3. The van der Waals surface area contributed by atoms with Crippen molar-refractivity contribution in [2.24, 2.45) is 10.9 Å². The molecule has 1 aromatic heterocycles. The quantitative estimate of drug-likeness (QED) is 0.203. The highest BCUT2D eigenvalue weighted by Crippen LogP contribution is 2.03. The zero-order chi connectivity index (χ0) is 20.9. The van der Waals surface area contributed by atoms with E-state index in [0.29, 0.717) is 19.1 Å². The van der Waals surface area contributed by atoms with Crippen LogP contribution in [-0.4, -0.2) is 37.3 Å². The second kappa shape index (κ2) is 15.0. The molecule has 1 atom stereocenters. The van der Waals surface area contributed by atoms with E-state index in [9.17, 15) is 4.79 Å². The van der Waals surface area contributed by atoms with Gasteiger partial charge in [-0.05, 0) is 37.3 Å². The molecular weight excluding hydrogens is 491 g/mol. The number of pyridine rings is 1. The van der Waals surface area contributed by atoms with Crippen LogP contribution in [0.15, 0.2) is 58.3 Å². The van der Waals surface area contributed by atoms with E-state index in [0.717, 1.165) is 44.1 Å². The molecule has 6 nitrogen and oxygen atoms in total. The maximum Gasteiger partial charge on any atom is 0.250 e. The minimum atomic E-state index is 0. The average molecular weight is 526 g/mol. The molecule has 1 aromatic carbocycles. The predicted octanol–water partition coefficient (Wildman–Crippen LogP) is 3.57. The Hall–Kier alpha value is -1.87. The van der Waals surface area contributed by atoms with Gasteiger partial charge in [-0.15, -0.1) is 24.0 Å². The van der Waals surface area contributed by atoms with Gasteiger partial charge >= 0.3 is 0 Å². The summed E-state index contributed by atoms with van der Waals surface area (Å²) >= 11 is 0. The van der Waals surface area contributed by atoms with Gasteiger partial charge in [0.2, 0.25) is 0 Å². The van der Waals surface area contributed by atoms with Gasteiger partial charge < -0.3 is 19.9 Å². The number of aliphatic imine (C=N–C) groups is 1. The fourth-order valence-corrected chi connectivity index (χ4v) is 3.01. The lowest BCUT2D eigenvalue weighted by Crippen LogP contribution is -2.40. The summed E-state index contributed by atoms with van der Waals surface area (Å²) in [5.74, 6) is 1.18. The number of aromatic nitrogens is 1. The van der Waals surface area contributed by atoms with E-state index in [-0.39, 0.29) is 29.5 Å². The number of guanidine groups is 1. The van der Waals surface area contributed by atoms with E-state index in [1.807, 2.05) is 35.8 Å². The SMILES string of the molecule is CN=C(NCCCCn1c(C)cccc1=O)NCC(C)COCc1ccccc1.I. The number of ether oxygens (including phenoxy) is 1. The number of nitrogens with one attached hydrogen (secondary N) is 2. The topological polar surface area (TPSA) is 67.7 Å². The molecule has 0 fully saturated rings. The zero-order valence-electron chi connectivity index (χ0n) is 18.3. The van der Waals surface area contributed by atoms with E-state index >= 15 is 0 Å². The Morgan fingerprint density at radius 2 is 1.87 bits per heavy atom. The van der Waals surface area contributed by atoms with Crippen LogP contribution in [0, 0.1) is 12.8 Å². The predicted molar refractivity (Wildman–Crippen MR) is 135 cm³/mol. The molecule has 0 radical (unpaired) electrons. The van der Waals surface area contributed by atoms with Crippen LogP contribution in [0.5, 0.6) is 0 Å². The number of benzene rings is 1. The number of rotatable bonds is 11. The highest BCUT2D eigenvalue weighted by Gasteiger charge is 2.05. The Bertz CT molecular complexity index is 808. The maximum atomic E-state index is 11.9. The van der Waals surface area contributed by atoms with E-state index in [1.54, 1.807) is 19.2 Å². The van der Waals surface area contributed by atoms with E-state index < -0.39 is 0 Å². The first kappa shape index (κ1) is 26.2. The summed E-state index contributed by atoms with van der Waals surface area (Å²) in [6, 6.07) is 15.6. The molecule has 7 heteroatoms. The van der Waals surface area contributed by atoms with E-state index in [1.165, 1.54) is 5.56 Å². The first-order chi connectivity index (χ1) is 14.1. The van der Waals surface area contributed by atoms with Crippen LogP contribution in [-0.2, 0) is 17.9 Å². The van der Waals surface area contributed by atoms with Gasteiger partial charge in [0.15, 0.2) is 5.96 Å². The first-order valence-corrected chi connectivity index (χ1v) is 10.3. The van der Waals surface area contributed by atoms with Crippen molar-refractivity contribution >= 4 is 29.9 Å². The third-order valence-corrected chi connectivity index (χ3v) is 4.72. The third-order valence-electron chi connectivity index (χ3n) is 4.72. The van der Waals surface area contributed by atoms with Crippen LogP contribution in [0.1, 0.15) is 31.0 Å². The van der Waals surface area contributed by atoms with Gasteiger partial charge in [0.25, 0.3) is 5.56 Å². The lowest BCUT2D eigenvalue weighted by Gasteiger charge is -2.16. The van der Waals surface area contributed by atoms with Crippen LogP contribution in [0.25, 0.3) is 0 Å². The van der Waals surface area contributed by atoms with Gasteiger partial charge in [-0.2, -0.15) is 0 Å². The van der Waals surface area contributed by atoms with Crippen molar-refractivity contribution < 1.29 is 4.74 Å². The van der Waals surface area contributed by atoms with Crippen LogP contribution in [0.2, 0.25) is 0 Å². The standard InChI is InChI=1S/C23H34N4O2.HI/c1-19(17-29-18-21-11-5-4-6-12-21)16-26-23(24-3)25-14-7-8-15-27-20(2)10-9-13-22(27)28;/h4-6,9-13,19H,7-8,14-18H2,1-3H3,(H2,24,25,26);1H. The van der Waals surface area contributed by atoms with Crippen LogP contribution >= 0.6 is 24.0 Å². The highest BCUT2D eigenvalue weighted by molar-refractivity contribution is 14.0. The van der Waals surface area contributed by atoms with Crippen LogP contribution in [0.3, 0.4) is 0 Å². The summed E-state index contributed by atoms with van der Waals surface area (Å²) in [5, 5.41) is 6.68. The van der Waals surface area contributed by atoms with E-state index in [2.05, 4.69) is 34.7 Å². The number of hydrogen-bond donors (Lipinski definition) is 2. The van der Waals surface area contributed by atoms with Gasteiger partial charge in [-0.3, -0.25) is 9.79 Å². The molecule has 30 heavy (non-hydrogen) atoms. The second-order valence-electron chi connectivity index (χ2n) is 7.35. The average Bonchev–Trinajstić information content (AvgIpc) is 2.72. The summed E-state index contributed by atoms with van der Waals surface area (Å²) in [4.78, 5) is 16.1. The molecule has 0 aliphatic heterocycles. The van der Waals surface area contributed by atoms with Crippen molar-refractivity contribution in [1.82, 2.24) is 15.2 Å². The van der Waals surface area contributed by atoms with E-state index in [4.69, 9.17) is 4.74 Å². The molecule has 0 spiro atoms. The number of nitrogens with zero attached hydrogens (tertiary/aromatic N) is 2. The van der Waals surface area contributed by atoms with Gasteiger partial charge in [0.1, 0.15) is 0 Å². The summed E-state index contributed by atoms with van der Waals surface area (Å²) in [6.45, 7) is 7.83. The van der Waals surface area contributed by atoms with Crippen LogP contribution < -0.4 is 16.2 Å². The minimum absolute atomic E-state index is 0. The molecule has 2 rings (SSSR count). The Labute approximate surface area is 197 Å². The lowest BCUT2D eigenvalue weighted by molar-refractivity contribution is 0.0931. The van der Waals surface area contributed by atoms with Gasteiger partial charge in [0, 0.05) is 38.4 Å². The monoisotopic (exact) mass is 526 g/mol. The molecule has 2 N–H and O–H groups in total. The zero-order valence-corrected chi connectivity index (χ0v) is 20.6. The second-order valence-corrected chi connectivity index (χ2v) is 7.35. The number of halogens is 1. The van der Waals surface area contributed by atoms with Crippen molar-refractivity contribution in [3.8, 4) is 0 Å². The van der Waals surface area contributed by atoms with Gasteiger partial charge in [-0.25, -0.2) is 0 Å². The summed E-state index contributed by atoms with van der Waals surface area (Å²) in [5.41, 5.74) is 2.27. The number of aryl methyl sites for hydroxylation is 1. The number of unbranched alkanes of at least 4 members (excludes halogenated alkanes) is 1. The fraction of sp³-hybridized carbons (Fsp3) is 0.478. The molecule has 0 saturated carbocycles.